The number of aromatic nitrogens is 3. The van der Waals surface area contributed by atoms with Crippen molar-refractivity contribution >= 4 is 22.7 Å². The van der Waals surface area contributed by atoms with E-state index in [2.05, 4.69) is 50.8 Å². The van der Waals surface area contributed by atoms with Crippen molar-refractivity contribution in [3.8, 4) is 16.9 Å². The lowest BCUT2D eigenvalue weighted by Crippen LogP contribution is -2.27. The average molecular weight is 353 g/mol. The summed E-state index contributed by atoms with van der Waals surface area (Å²) in [5.74, 6) is 1.86. The molecule has 1 aromatic carbocycles. The number of hydrogen-bond donors (Lipinski definition) is 0. The van der Waals surface area contributed by atoms with Gasteiger partial charge in [-0.25, -0.2) is 9.97 Å². The lowest BCUT2D eigenvalue weighted by molar-refractivity contribution is 0.198. The molecule has 0 aliphatic carbocycles. The number of ether oxygens (including phenoxy) is 1. The van der Waals surface area contributed by atoms with E-state index in [1.54, 1.807) is 0 Å². The minimum absolute atomic E-state index is 0.123. The molecule has 0 saturated heterocycles. The fourth-order valence-electron chi connectivity index (χ4n) is 2.79. The van der Waals surface area contributed by atoms with Crippen molar-refractivity contribution in [1.29, 1.82) is 0 Å². The van der Waals surface area contributed by atoms with Gasteiger partial charge in [-0.1, -0.05) is 12.1 Å². The zero-order valence-corrected chi connectivity index (χ0v) is 16.9. The number of benzene rings is 1. The molecule has 1 atom stereocenters. The molecule has 25 heavy (non-hydrogen) atoms. The van der Waals surface area contributed by atoms with Gasteiger partial charge in [0.15, 0.2) is 13.5 Å². The molecule has 0 spiro atoms. The third-order valence-corrected chi connectivity index (χ3v) is 4.09. The summed E-state index contributed by atoms with van der Waals surface area (Å²) in [5, 5.41) is -0.123. The third kappa shape index (κ3) is 3.87. The van der Waals surface area contributed by atoms with Crippen LogP contribution < -0.4 is 4.74 Å². The van der Waals surface area contributed by atoms with Gasteiger partial charge in [0.1, 0.15) is 11.6 Å². The molecule has 0 radical (unpaired) electrons. The topological polar surface area (TPSA) is 39.4 Å². The first-order valence-corrected chi connectivity index (χ1v) is 9.06. The molecule has 0 aliphatic rings. The van der Waals surface area contributed by atoms with E-state index in [9.17, 15) is 0 Å². The summed E-state index contributed by atoms with van der Waals surface area (Å²) in [6, 6.07) is 8.15. The molecule has 3 rings (SSSR count). The van der Waals surface area contributed by atoms with E-state index in [4.69, 9.17) is 9.72 Å². The normalized spacial score (nSPS) is 12.6. The first-order valence-electron chi connectivity index (χ1n) is 8.48. The van der Waals surface area contributed by atoms with Crippen LogP contribution in [0.5, 0.6) is 5.75 Å². The number of hydrogen-bond acceptors (Lipinski definition) is 3. The van der Waals surface area contributed by atoms with Gasteiger partial charge in [-0.15, -0.1) is 9.24 Å². The van der Waals surface area contributed by atoms with Crippen LogP contribution in [0.4, 0.5) is 0 Å². The van der Waals surface area contributed by atoms with Gasteiger partial charge in [-0.05, 0) is 52.3 Å². The van der Waals surface area contributed by atoms with Crippen LogP contribution in [0.2, 0.25) is 0 Å². The molecule has 4 nitrogen and oxygen atoms in total. The van der Waals surface area contributed by atoms with E-state index in [1.807, 2.05) is 46.9 Å². The Kier molecular flexibility index (Phi) is 4.41. The molecule has 0 bridgehead atoms. The van der Waals surface area contributed by atoms with Gasteiger partial charge in [0.05, 0.1) is 11.2 Å². The predicted octanol–water partition coefficient (Wildman–Crippen LogP) is 3.56. The lowest BCUT2D eigenvalue weighted by atomic mass is 9.86. The van der Waals surface area contributed by atoms with E-state index < -0.39 is 0 Å². The maximum absolute atomic E-state index is 5.90. The summed E-state index contributed by atoms with van der Waals surface area (Å²) < 4.78 is 7.99. The molecule has 130 valence electrons. The van der Waals surface area contributed by atoms with Crippen molar-refractivity contribution < 1.29 is 4.74 Å². The standard InChI is InChI=1S/C19H25BN3OP/c1-12-16-21-10-14(11-23(16)17(22-12)18(2,3)25)13-6-8-15(9-7-13)24-19(4,5)20/h6-11H,20,25H2,1-5H3. The second-order valence-corrected chi connectivity index (χ2v) is 9.46. The lowest BCUT2D eigenvalue weighted by Gasteiger charge is -2.21. The Hall–Kier alpha value is -1.87. The molecule has 0 N–H and O–H groups in total. The highest BCUT2D eigenvalue weighted by molar-refractivity contribution is 7.18. The van der Waals surface area contributed by atoms with Crippen LogP contribution in [0.1, 0.15) is 39.2 Å². The number of aryl methyl sites for hydroxylation is 1. The Balaban J connectivity index is 2.02. The van der Waals surface area contributed by atoms with Crippen molar-refractivity contribution in [2.45, 2.75) is 45.3 Å². The van der Waals surface area contributed by atoms with E-state index >= 15 is 0 Å². The molecule has 0 amide bonds. The molecule has 0 saturated carbocycles. The summed E-state index contributed by atoms with van der Waals surface area (Å²) in [5.41, 5.74) is 3.82. The molecular formula is C19H25BN3OP. The van der Waals surface area contributed by atoms with E-state index in [0.717, 1.165) is 34.0 Å². The summed E-state index contributed by atoms with van der Waals surface area (Å²) >= 11 is 0. The second-order valence-electron chi connectivity index (χ2n) is 8.02. The number of imidazole rings is 1. The number of rotatable bonds is 4. The van der Waals surface area contributed by atoms with Crippen molar-refractivity contribution in [1.82, 2.24) is 14.4 Å². The van der Waals surface area contributed by atoms with Crippen LogP contribution in [-0.4, -0.2) is 27.7 Å². The van der Waals surface area contributed by atoms with Gasteiger partial charge in [0.25, 0.3) is 0 Å². The quantitative estimate of drug-likeness (QED) is 0.532. The summed E-state index contributed by atoms with van der Waals surface area (Å²) in [6.07, 6.45) is 4.02. The first-order chi connectivity index (χ1) is 11.5. The van der Waals surface area contributed by atoms with Crippen molar-refractivity contribution in [2.75, 3.05) is 0 Å². The smallest absolute Gasteiger partial charge is 0.159 e. The molecular weight excluding hydrogens is 328 g/mol. The number of nitrogens with zero attached hydrogens (tertiary/aromatic N) is 3. The highest BCUT2D eigenvalue weighted by Crippen LogP contribution is 2.32. The monoisotopic (exact) mass is 353 g/mol. The van der Waals surface area contributed by atoms with Gasteiger partial charge < -0.3 is 4.74 Å². The molecule has 2 heterocycles. The fourth-order valence-corrected chi connectivity index (χ4v) is 2.99. The van der Waals surface area contributed by atoms with Crippen LogP contribution >= 0.6 is 9.24 Å². The summed E-state index contributed by atoms with van der Waals surface area (Å²) in [4.78, 5) is 9.34. The zero-order valence-electron chi connectivity index (χ0n) is 15.8. The summed E-state index contributed by atoms with van der Waals surface area (Å²) in [6.45, 7) is 10.4. The third-order valence-electron chi connectivity index (χ3n) is 3.84. The van der Waals surface area contributed by atoms with Crippen LogP contribution in [0, 0.1) is 6.92 Å². The fraction of sp³-hybridized carbons (Fsp3) is 0.368. The highest BCUT2D eigenvalue weighted by atomic mass is 31.0. The summed E-state index contributed by atoms with van der Waals surface area (Å²) in [7, 11) is 4.90. The van der Waals surface area contributed by atoms with Gasteiger partial charge in [0.2, 0.25) is 0 Å². The van der Waals surface area contributed by atoms with Gasteiger partial charge >= 0.3 is 0 Å². The van der Waals surface area contributed by atoms with Gasteiger partial charge in [-0.3, -0.25) is 4.40 Å². The van der Waals surface area contributed by atoms with E-state index in [0.29, 0.717) is 0 Å². The van der Waals surface area contributed by atoms with Crippen molar-refractivity contribution in [2.24, 2.45) is 0 Å². The maximum Gasteiger partial charge on any atom is 0.159 e. The van der Waals surface area contributed by atoms with Crippen LogP contribution in [-0.2, 0) is 5.16 Å². The van der Waals surface area contributed by atoms with Crippen molar-refractivity contribution in [3.05, 3.63) is 48.2 Å². The average Bonchev–Trinajstić information content (AvgIpc) is 2.83. The highest BCUT2D eigenvalue weighted by Gasteiger charge is 2.22. The predicted molar refractivity (Wildman–Crippen MR) is 109 cm³/mol. The Morgan fingerprint density at radius 3 is 2.28 bits per heavy atom. The molecule has 0 aliphatic heterocycles. The Labute approximate surface area is 152 Å². The van der Waals surface area contributed by atoms with Crippen molar-refractivity contribution in [3.63, 3.8) is 0 Å². The Morgan fingerprint density at radius 1 is 1.08 bits per heavy atom. The maximum atomic E-state index is 5.90. The Morgan fingerprint density at radius 2 is 1.72 bits per heavy atom. The van der Waals surface area contributed by atoms with E-state index in [-0.39, 0.29) is 10.7 Å². The molecule has 2 aromatic heterocycles. The minimum Gasteiger partial charge on any atom is -0.497 e. The van der Waals surface area contributed by atoms with E-state index in [1.165, 1.54) is 0 Å². The zero-order chi connectivity index (χ0) is 18.4. The SMILES string of the molecule is BC(C)(C)Oc1ccc(-c2cnc3c(C)nc(C(C)(C)P)n3c2)cc1. The molecule has 1 unspecified atom stereocenters. The largest absolute Gasteiger partial charge is 0.497 e. The molecule has 3 aromatic rings. The van der Waals surface area contributed by atoms with Crippen LogP contribution in [0.25, 0.3) is 16.8 Å². The second kappa shape index (κ2) is 6.14. The first kappa shape index (κ1) is 17.9. The minimum atomic E-state index is -0.199. The van der Waals surface area contributed by atoms with Crippen LogP contribution in [0.15, 0.2) is 36.7 Å². The van der Waals surface area contributed by atoms with Crippen LogP contribution in [0.3, 0.4) is 0 Å². The molecule has 0 fully saturated rings. The van der Waals surface area contributed by atoms with Gasteiger partial charge in [-0.2, -0.15) is 0 Å². The van der Waals surface area contributed by atoms with Gasteiger partial charge in [0, 0.05) is 23.1 Å². The Bertz CT molecular complexity index is 905. The number of fused-ring (bicyclic) bond motifs is 1. The molecule has 6 heteroatoms.